The number of carbonyl (C=O) groups excluding carboxylic acids is 4. The molecule has 220 valence electrons. The molecule has 3 fully saturated rings. The fourth-order valence-electron chi connectivity index (χ4n) is 7.13. The van der Waals surface area contributed by atoms with Gasteiger partial charge in [-0.2, -0.15) is 0 Å². The Kier molecular flexibility index (Phi) is 8.45. The van der Waals surface area contributed by atoms with Crippen molar-refractivity contribution < 1.29 is 23.9 Å². The molecule has 0 radical (unpaired) electrons. The Bertz CT molecular complexity index is 1490. The van der Waals surface area contributed by atoms with Crippen molar-refractivity contribution >= 4 is 45.9 Å². The van der Waals surface area contributed by atoms with Crippen molar-refractivity contribution in [2.24, 2.45) is 17.8 Å². The van der Waals surface area contributed by atoms with Gasteiger partial charge in [0.2, 0.25) is 5.91 Å². The van der Waals surface area contributed by atoms with E-state index in [1.807, 2.05) is 42.5 Å². The van der Waals surface area contributed by atoms with Crippen molar-refractivity contribution in [3.8, 4) is 0 Å². The van der Waals surface area contributed by atoms with Crippen LogP contribution in [0.1, 0.15) is 61.0 Å². The van der Waals surface area contributed by atoms with Crippen molar-refractivity contribution in [1.82, 2.24) is 15.2 Å². The normalized spacial score (nSPS) is 24.2. The Hall–Kier alpha value is -3.49. The molecule has 2 saturated carbocycles. The Morgan fingerprint density at radius 2 is 1.88 bits per heavy atom. The Labute approximate surface area is 250 Å². The third-order valence-corrected chi connectivity index (χ3v) is 9.60. The lowest BCUT2D eigenvalue weighted by molar-refractivity contribution is -0.134. The van der Waals surface area contributed by atoms with E-state index >= 15 is 0 Å². The number of ether oxygens (including phenoxy) is 1. The monoisotopic (exact) mass is 589 g/mol. The number of nitrogens with one attached hydrogen (secondary N) is 2. The van der Waals surface area contributed by atoms with Crippen LogP contribution in [-0.4, -0.2) is 58.5 Å². The van der Waals surface area contributed by atoms with Gasteiger partial charge < -0.3 is 19.9 Å². The van der Waals surface area contributed by atoms with Gasteiger partial charge in [-0.25, -0.2) is 0 Å². The highest BCUT2D eigenvalue weighted by Gasteiger charge is 2.50. The first-order valence-corrected chi connectivity index (χ1v) is 15.3. The molecular formula is C33H36ClN3O5. The van der Waals surface area contributed by atoms with Gasteiger partial charge in [0, 0.05) is 34.8 Å². The van der Waals surface area contributed by atoms with Gasteiger partial charge >= 0.3 is 0 Å². The molecule has 1 aliphatic heterocycles. The summed E-state index contributed by atoms with van der Waals surface area (Å²) in [6, 6.07) is 15.2. The fourth-order valence-corrected chi connectivity index (χ4v) is 7.36. The summed E-state index contributed by atoms with van der Waals surface area (Å²) in [5.74, 6) is -0.709. The number of carbonyl (C=O) groups is 4. The minimum absolute atomic E-state index is 0.0279. The zero-order chi connectivity index (χ0) is 29.2. The van der Waals surface area contributed by atoms with Crippen LogP contribution >= 0.6 is 11.6 Å². The molecule has 6 rings (SSSR count). The molecule has 1 aromatic heterocycles. The Morgan fingerprint density at radius 3 is 2.64 bits per heavy atom. The summed E-state index contributed by atoms with van der Waals surface area (Å²) in [5.41, 5.74) is 2.09. The molecule has 2 heterocycles. The second-order valence-electron chi connectivity index (χ2n) is 11.9. The number of hydrogen-bond acceptors (Lipinski definition) is 5. The number of benzene rings is 2. The van der Waals surface area contributed by atoms with Crippen LogP contribution in [-0.2, 0) is 25.7 Å². The number of fused-ring (bicyclic) bond motifs is 2. The Morgan fingerprint density at radius 1 is 1.05 bits per heavy atom. The number of ketones is 2. The maximum absolute atomic E-state index is 14.0. The average molecular weight is 590 g/mol. The molecule has 0 unspecified atom stereocenters. The summed E-state index contributed by atoms with van der Waals surface area (Å²) < 4.78 is 5.72. The smallest absolute Gasteiger partial charge is 0.271 e. The van der Waals surface area contributed by atoms with Gasteiger partial charge in [0.05, 0.1) is 12.6 Å². The van der Waals surface area contributed by atoms with E-state index in [4.69, 9.17) is 16.3 Å². The number of aromatic amines is 1. The molecule has 3 aliphatic rings. The summed E-state index contributed by atoms with van der Waals surface area (Å²) in [4.78, 5) is 58.6. The van der Waals surface area contributed by atoms with Gasteiger partial charge in [-0.15, -0.1) is 0 Å². The van der Waals surface area contributed by atoms with Gasteiger partial charge in [-0.3, -0.25) is 19.2 Å². The molecule has 3 aromatic rings. The zero-order valence-corrected chi connectivity index (χ0v) is 24.3. The van der Waals surface area contributed by atoms with Crippen molar-refractivity contribution in [2.45, 2.75) is 63.6 Å². The first-order chi connectivity index (χ1) is 20.4. The predicted molar refractivity (Wildman–Crippen MR) is 159 cm³/mol. The number of aromatic nitrogens is 1. The largest absolute Gasteiger partial charge is 0.369 e. The summed E-state index contributed by atoms with van der Waals surface area (Å²) >= 11 is 6.35. The molecule has 0 spiro atoms. The lowest BCUT2D eigenvalue weighted by atomic mass is 9.91. The molecule has 5 atom stereocenters. The number of Topliss-reactive ketones (excluding diaryl/α,β-unsaturated/α-hetero) is 2. The SMILES string of the molecule is O=C1CCC[C@H]1C[C@H](NC(=O)[C@@H]1[C@H]2CCC[C@H]2CN1C(=O)c1cc2c(Cl)cccc2[nH]1)C(=O)COCc1ccccc1. The summed E-state index contributed by atoms with van der Waals surface area (Å²) in [5, 5.41) is 4.30. The highest BCUT2D eigenvalue weighted by Crippen LogP contribution is 2.43. The van der Waals surface area contributed by atoms with Gasteiger partial charge in [0.15, 0.2) is 5.78 Å². The third-order valence-electron chi connectivity index (χ3n) is 9.27. The molecule has 42 heavy (non-hydrogen) atoms. The zero-order valence-electron chi connectivity index (χ0n) is 23.5. The van der Waals surface area contributed by atoms with E-state index in [-0.39, 0.29) is 60.8 Å². The standard InChI is InChI=1S/C33H36ClN3O5/c34-25-12-6-13-26-24(25)16-28(35-26)33(41)37-17-22-10-4-11-23(22)31(37)32(40)36-27(15-21-9-5-14-29(21)38)30(39)19-42-18-20-7-2-1-3-8-20/h1-3,6-8,12-13,16,21-23,27,31,35H,4-5,9-11,14-15,17-19H2,(H,36,40)/t21-,22-,23-,27-,31-/m0/s1. The molecule has 1 saturated heterocycles. The van der Waals surface area contributed by atoms with Crippen LogP contribution in [0.4, 0.5) is 0 Å². The van der Waals surface area contributed by atoms with Gasteiger partial charge in [0.1, 0.15) is 24.1 Å². The van der Waals surface area contributed by atoms with Crippen molar-refractivity contribution in [1.29, 1.82) is 0 Å². The lowest BCUT2D eigenvalue weighted by Gasteiger charge is -2.29. The molecular weight excluding hydrogens is 554 g/mol. The highest BCUT2D eigenvalue weighted by molar-refractivity contribution is 6.35. The molecule has 2 aromatic carbocycles. The van der Waals surface area contributed by atoms with Crippen LogP contribution < -0.4 is 5.32 Å². The molecule has 9 heteroatoms. The summed E-state index contributed by atoms with van der Waals surface area (Å²) in [6.45, 7) is 0.597. The third kappa shape index (κ3) is 5.88. The topological polar surface area (TPSA) is 109 Å². The maximum Gasteiger partial charge on any atom is 0.271 e. The van der Waals surface area contributed by atoms with E-state index < -0.39 is 12.1 Å². The van der Waals surface area contributed by atoms with Crippen LogP contribution in [0, 0.1) is 17.8 Å². The van der Waals surface area contributed by atoms with Crippen molar-refractivity contribution in [3.63, 3.8) is 0 Å². The van der Waals surface area contributed by atoms with E-state index in [0.717, 1.165) is 42.1 Å². The van der Waals surface area contributed by atoms with E-state index in [1.54, 1.807) is 17.0 Å². The summed E-state index contributed by atoms with van der Waals surface area (Å²) in [6.07, 6.45) is 5.10. The first-order valence-electron chi connectivity index (χ1n) is 14.9. The van der Waals surface area contributed by atoms with Gasteiger partial charge in [-0.05, 0) is 67.7 Å². The van der Waals surface area contributed by atoms with Crippen LogP contribution in [0.15, 0.2) is 54.6 Å². The van der Waals surface area contributed by atoms with Gasteiger partial charge in [-0.1, -0.05) is 54.4 Å². The van der Waals surface area contributed by atoms with E-state index in [9.17, 15) is 19.2 Å². The minimum atomic E-state index is -0.857. The number of rotatable bonds is 10. The number of likely N-dealkylation sites (tertiary alicyclic amines) is 1. The van der Waals surface area contributed by atoms with E-state index in [0.29, 0.717) is 30.1 Å². The molecule has 8 nitrogen and oxygen atoms in total. The molecule has 0 bridgehead atoms. The van der Waals surface area contributed by atoms with Crippen molar-refractivity contribution in [2.75, 3.05) is 13.2 Å². The number of H-pyrrole nitrogens is 1. The number of hydrogen-bond donors (Lipinski definition) is 2. The second kappa shape index (κ2) is 12.4. The molecule has 2 aliphatic carbocycles. The first kappa shape index (κ1) is 28.6. The summed E-state index contributed by atoms with van der Waals surface area (Å²) in [7, 11) is 0. The lowest BCUT2D eigenvalue weighted by Crippen LogP contribution is -2.53. The average Bonchev–Trinajstić information content (AvgIpc) is 3.77. The number of amides is 2. The van der Waals surface area contributed by atoms with Crippen LogP contribution in [0.5, 0.6) is 0 Å². The van der Waals surface area contributed by atoms with Crippen LogP contribution in [0.25, 0.3) is 10.9 Å². The quantitative estimate of drug-likeness (QED) is 0.342. The minimum Gasteiger partial charge on any atom is -0.369 e. The second-order valence-corrected chi connectivity index (χ2v) is 12.3. The molecule has 2 amide bonds. The van der Waals surface area contributed by atoms with Crippen molar-refractivity contribution in [3.05, 3.63) is 70.9 Å². The number of halogens is 1. The van der Waals surface area contributed by atoms with Crippen LogP contribution in [0.3, 0.4) is 0 Å². The van der Waals surface area contributed by atoms with E-state index in [2.05, 4.69) is 10.3 Å². The van der Waals surface area contributed by atoms with Crippen LogP contribution in [0.2, 0.25) is 5.02 Å². The fraction of sp³-hybridized carbons (Fsp3) is 0.455. The van der Waals surface area contributed by atoms with Gasteiger partial charge in [0.25, 0.3) is 5.91 Å². The maximum atomic E-state index is 14.0. The predicted octanol–water partition coefficient (Wildman–Crippen LogP) is 5.09. The highest BCUT2D eigenvalue weighted by atomic mass is 35.5. The number of nitrogens with zero attached hydrogens (tertiary/aromatic N) is 1. The Balaban J connectivity index is 1.20. The molecule has 2 N–H and O–H groups in total. The van der Waals surface area contributed by atoms with E-state index in [1.165, 1.54) is 0 Å².